The molecule has 88 valence electrons. The maximum atomic E-state index is 11.4. The molecule has 0 bridgehead atoms. The molecule has 0 radical (unpaired) electrons. The Kier molecular flexibility index (Phi) is 3.62. The van der Waals surface area contributed by atoms with E-state index in [9.17, 15) is 14.9 Å². The molecule has 0 aliphatic rings. The van der Waals surface area contributed by atoms with Gasteiger partial charge in [0.15, 0.2) is 0 Å². The number of esters is 1. The molecule has 1 rings (SSSR count). The summed E-state index contributed by atoms with van der Waals surface area (Å²) in [5, 5.41) is 19.6. The Morgan fingerprint density at radius 2 is 2.31 bits per heavy atom. The fourth-order valence-electron chi connectivity index (χ4n) is 1.54. The summed E-state index contributed by atoms with van der Waals surface area (Å²) in [7, 11) is 2.71. The van der Waals surface area contributed by atoms with Gasteiger partial charge in [-0.05, 0) is 0 Å². The van der Waals surface area contributed by atoms with Gasteiger partial charge in [-0.15, -0.1) is 0 Å². The van der Waals surface area contributed by atoms with Crippen LogP contribution in [0.1, 0.15) is 16.1 Å². The van der Waals surface area contributed by atoms with Crippen LogP contribution in [0.25, 0.3) is 0 Å². The summed E-state index contributed by atoms with van der Waals surface area (Å²) in [4.78, 5) is 21.6. The molecular weight excluding hydrogens is 216 g/mol. The lowest BCUT2D eigenvalue weighted by molar-refractivity contribution is -0.385. The maximum absolute atomic E-state index is 11.4. The van der Waals surface area contributed by atoms with Crippen LogP contribution in [0.4, 0.5) is 5.69 Å². The minimum atomic E-state index is -0.654. The Morgan fingerprint density at radius 1 is 1.69 bits per heavy atom. The van der Waals surface area contributed by atoms with Gasteiger partial charge in [0.05, 0.1) is 23.8 Å². The van der Waals surface area contributed by atoms with Crippen LogP contribution in [0.15, 0.2) is 6.20 Å². The molecule has 0 fully saturated rings. The predicted molar refractivity (Wildman–Crippen MR) is 54.2 cm³/mol. The van der Waals surface area contributed by atoms with E-state index < -0.39 is 10.9 Å². The highest BCUT2D eigenvalue weighted by Crippen LogP contribution is 2.25. The third-order valence-electron chi connectivity index (χ3n) is 2.20. The van der Waals surface area contributed by atoms with Crippen molar-refractivity contribution < 1.29 is 19.6 Å². The Balaban J connectivity index is 3.34. The van der Waals surface area contributed by atoms with E-state index in [1.165, 1.54) is 24.9 Å². The molecule has 1 aromatic heterocycles. The van der Waals surface area contributed by atoms with Gasteiger partial charge < -0.3 is 14.4 Å². The van der Waals surface area contributed by atoms with Crippen LogP contribution in [0, 0.1) is 10.1 Å². The number of hydrogen-bond acceptors (Lipinski definition) is 5. The van der Waals surface area contributed by atoms with Crippen molar-refractivity contribution in [2.45, 2.75) is 6.42 Å². The lowest BCUT2D eigenvalue weighted by Crippen LogP contribution is -2.11. The standard InChI is InChI=1S/C9H12N2O5/c1-10-5-7(11(14)15)6(3-4-12)8(10)9(13)16-2/h5,12H,3-4H2,1-2H3. The minimum Gasteiger partial charge on any atom is -0.464 e. The second-order valence-electron chi connectivity index (χ2n) is 3.17. The molecule has 0 aliphatic carbocycles. The summed E-state index contributed by atoms with van der Waals surface area (Å²) in [6, 6.07) is 0. The van der Waals surface area contributed by atoms with E-state index in [1.54, 1.807) is 0 Å². The molecule has 0 unspecified atom stereocenters. The molecule has 0 atom stereocenters. The maximum Gasteiger partial charge on any atom is 0.355 e. The number of aromatic nitrogens is 1. The molecular formula is C9H12N2O5. The molecule has 16 heavy (non-hydrogen) atoms. The van der Waals surface area contributed by atoms with Crippen molar-refractivity contribution in [1.29, 1.82) is 0 Å². The van der Waals surface area contributed by atoms with Gasteiger partial charge in [0, 0.05) is 20.1 Å². The normalized spacial score (nSPS) is 10.2. The number of aliphatic hydroxyl groups excluding tert-OH is 1. The van der Waals surface area contributed by atoms with Gasteiger partial charge in [-0.25, -0.2) is 4.79 Å². The van der Waals surface area contributed by atoms with Gasteiger partial charge in [0.25, 0.3) is 5.69 Å². The van der Waals surface area contributed by atoms with Gasteiger partial charge in [-0.3, -0.25) is 10.1 Å². The van der Waals surface area contributed by atoms with Gasteiger partial charge >= 0.3 is 5.97 Å². The Morgan fingerprint density at radius 3 is 2.75 bits per heavy atom. The molecule has 0 saturated heterocycles. The zero-order valence-corrected chi connectivity index (χ0v) is 8.97. The lowest BCUT2D eigenvalue weighted by atomic mass is 10.1. The average Bonchev–Trinajstić information content (AvgIpc) is 2.55. The first-order valence-electron chi connectivity index (χ1n) is 4.54. The van der Waals surface area contributed by atoms with E-state index in [0.29, 0.717) is 0 Å². The fourth-order valence-corrected chi connectivity index (χ4v) is 1.54. The number of aryl methyl sites for hydroxylation is 1. The number of nitro groups is 1. The minimum absolute atomic E-state index is 0.0432. The summed E-state index contributed by atoms with van der Waals surface area (Å²) in [5.41, 5.74) is 0.113. The topological polar surface area (TPSA) is 94.6 Å². The van der Waals surface area contributed by atoms with Crippen molar-refractivity contribution in [2.24, 2.45) is 7.05 Å². The highest BCUT2D eigenvalue weighted by molar-refractivity contribution is 5.90. The second kappa shape index (κ2) is 4.75. The van der Waals surface area contributed by atoms with Gasteiger partial charge in [0.1, 0.15) is 5.69 Å². The van der Waals surface area contributed by atoms with Gasteiger partial charge in [0.2, 0.25) is 0 Å². The molecule has 1 heterocycles. The highest BCUT2D eigenvalue weighted by atomic mass is 16.6. The van der Waals surface area contributed by atoms with E-state index in [0.717, 1.165) is 0 Å². The summed E-state index contributed by atoms with van der Waals surface area (Å²) in [5.74, 6) is -0.654. The van der Waals surface area contributed by atoms with Crippen molar-refractivity contribution >= 4 is 11.7 Å². The Hall–Kier alpha value is -1.89. The largest absolute Gasteiger partial charge is 0.464 e. The van der Waals surface area contributed by atoms with Crippen molar-refractivity contribution in [3.05, 3.63) is 27.6 Å². The van der Waals surface area contributed by atoms with Crippen molar-refractivity contribution in [3.63, 3.8) is 0 Å². The highest BCUT2D eigenvalue weighted by Gasteiger charge is 2.26. The number of methoxy groups -OCH3 is 1. The van der Waals surface area contributed by atoms with Crippen LogP contribution >= 0.6 is 0 Å². The van der Waals surface area contributed by atoms with Crippen LogP contribution in [0.5, 0.6) is 0 Å². The fraction of sp³-hybridized carbons (Fsp3) is 0.444. The molecule has 0 amide bonds. The predicted octanol–water partition coefficient (Wildman–Crippen LogP) is 0.255. The smallest absolute Gasteiger partial charge is 0.355 e. The summed E-state index contributed by atoms with van der Waals surface area (Å²) >= 11 is 0. The molecule has 7 nitrogen and oxygen atoms in total. The van der Waals surface area contributed by atoms with Gasteiger partial charge in [-0.2, -0.15) is 0 Å². The van der Waals surface area contributed by atoms with Crippen molar-refractivity contribution in [3.8, 4) is 0 Å². The molecule has 1 aromatic rings. The number of hydrogen-bond donors (Lipinski definition) is 1. The molecule has 0 saturated carbocycles. The average molecular weight is 228 g/mol. The first-order chi connectivity index (χ1) is 7.52. The van der Waals surface area contributed by atoms with E-state index in [4.69, 9.17) is 5.11 Å². The third-order valence-corrected chi connectivity index (χ3v) is 2.20. The van der Waals surface area contributed by atoms with E-state index in [-0.39, 0.29) is 30.0 Å². The van der Waals surface area contributed by atoms with E-state index >= 15 is 0 Å². The molecule has 7 heteroatoms. The first-order valence-corrected chi connectivity index (χ1v) is 4.54. The van der Waals surface area contributed by atoms with Crippen molar-refractivity contribution in [2.75, 3.05) is 13.7 Å². The Labute approximate surface area is 91.4 Å². The van der Waals surface area contributed by atoms with Crippen LogP contribution in [0.3, 0.4) is 0 Å². The number of carbonyl (C=O) groups is 1. The zero-order chi connectivity index (χ0) is 12.3. The van der Waals surface area contributed by atoms with Crippen LogP contribution in [0.2, 0.25) is 0 Å². The number of nitrogens with zero attached hydrogens (tertiary/aromatic N) is 2. The van der Waals surface area contributed by atoms with E-state index in [2.05, 4.69) is 4.74 Å². The molecule has 1 N–H and O–H groups in total. The zero-order valence-electron chi connectivity index (χ0n) is 8.97. The summed E-state index contributed by atoms with van der Waals surface area (Å²) < 4.78 is 5.86. The number of rotatable bonds is 4. The quantitative estimate of drug-likeness (QED) is 0.453. The second-order valence-corrected chi connectivity index (χ2v) is 3.17. The molecule has 0 aromatic carbocycles. The summed E-state index contributed by atoms with van der Waals surface area (Å²) in [6.45, 7) is -0.269. The lowest BCUT2D eigenvalue weighted by Gasteiger charge is -2.03. The number of aliphatic hydroxyl groups is 1. The Bertz CT molecular complexity index is 424. The molecule has 0 aliphatic heterocycles. The van der Waals surface area contributed by atoms with Gasteiger partial charge in [-0.1, -0.05) is 0 Å². The SMILES string of the molecule is COC(=O)c1c(CCO)c([N+](=O)[O-])cn1C. The van der Waals surface area contributed by atoms with Crippen LogP contribution < -0.4 is 0 Å². The van der Waals surface area contributed by atoms with Crippen LogP contribution in [-0.2, 0) is 18.2 Å². The summed E-state index contributed by atoms with van der Waals surface area (Å²) in [6.07, 6.45) is 1.28. The van der Waals surface area contributed by atoms with Crippen molar-refractivity contribution in [1.82, 2.24) is 4.57 Å². The number of ether oxygens (including phenoxy) is 1. The van der Waals surface area contributed by atoms with Crippen LogP contribution in [-0.4, -0.2) is 34.3 Å². The van der Waals surface area contributed by atoms with E-state index in [1.807, 2.05) is 0 Å². The third kappa shape index (κ3) is 2.03. The first kappa shape index (κ1) is 12.2. The molecule has 0 spiro atoms. The monoisotopic (exact) mass is 228 g/mol. The number of carbonyl (C=O) groups excluding carboxylic acids is 1.